The molecule has 1 N–H and O–H groups in total. The molecular weight excluding hydrogens is 190 g/mol. The maximum absolute atomic E-state index is 9.04. The molecule has 0 aromatic heterocycles. The molecule has 1 aromatic rings. The summed E-state index contributed by atoms with van der Waals surface area (Å²) >= 11 is 0. The summed E-state index contributed by atoms with van der Waals surface area (Å²) in [5.74, 6) is 0.265. The molecule has 82 valence electrons. The van der Waals surface area contributed by atoms with Crippen molar-refractivity contribution in [2.45, 2.75) is 20.0 Å². The predicted molar refractivity (Wildman–Crippen MR) is 60.4 cm³/mol. The van der Waals surface area contributed by atoms with E-state index >= 15 is 0 Å². The minimum atomic E-state index is -0.183. The topological polar surface area (TPSA) is 41.8 Å². The van der Waals surface area contributed by atoms with Gasteiger partial charge in [0.15, 0.2) is 0 Å². The summed E-state index contributed by atoms with van der Waals surface area (Å²) in [6.45, 7) is 4.06. The monoisotopic (exact) mass is 207 g/mol. The number of rotatable bonds is 4. The van der Waals surface area contributed by atoms with Crippen LogP contribution in [0.1, 0.15) is 19.4 Å². The van der Waals surface area contributed by atoms with E-state index in [2.05, 4.69) is 5.16 Å². The van der Waals surface area contributed by atoms with Crippen molar-refractivity contribution in [1.29, 1.82) is 0 Å². The Morgan fingerprint density at radius 1 is 1.27 bits per heavy atom. The SMILES string of the molecule is COC(/C(=N/O)c1ccccc1)C(C)C. The molecular formula is C12H17NO2. The van der Waals surface area contributed by atoms with Crippen LogP contribution in [0, 0.1) is 5.92 Å². The van der Waals surface area contributed by atoms with Crippen molar-refractivity contribution in [3.8, 4) is 0 Å². The molecule has 0 aliphatic rings. The Morgan fingerprint density at radius 3 is 2.27 bits per heavy atom. The van der Waals surface area contributed by atoms with Gasteiger partial charge >= 0.3 is 0 Å². The quantitative estimate of drug-likeness (QED) is 0.468. The first-order valence-corrected chi connectivity index (χ1v) is 5.00. The van der Waals surface area contributed by atoms with E-state index in [0.717, 1.165) is 5.56 Å². The lowest BCUT2D eigenvalue weighted by molar-refractivity contribution is 0.115. The van der Waals surface area contributed by atoms with Crippen molar-refractivity contribution in [3.05, 3.63) is 35.9 Å². The molecule has 0 spiro atoms. The molecule has 3 nitrogen and oxygen atoms in total. The Kier molecular flexibility index (Phi) is 4.31. The van der Waals surface area contributed by atoms with Gasteiger partial charge in [-0.05, 0) is 5.92 Å². The number of oxime groups is 1. The van der Waals surface area contributed by atoms with Crippen LogP contribution in [0.2, 0.25) is 0 Å². The maximum Gasteiger partial charge on any atom is 0.116 e. The molecule has 1 atom stereocenters. The second-order valence-corrected chi connectivity index (χ2v) is 3.75. The molecule has 1 unspecified atom stereocenters. The molecule has 0 fully saturated rings. The average molecular weight is 207 g/mol. The molecule has 15 heavy (non-hydrogen) atoms. The standard InChI is InChI=1S/C12H17NO2/c1-9(2)12(15-3)11(13-14)10-7-5-4-6-8-10/h4-9,12,14H,1-3H3/b13-11+. The molecule has 0 amide bonds. The van der Waals surface area contributed by atoms with Gasteiger partial charge in [-0.1, -0.05) is 49.3 Å². The fourth-order valence-electron chi connectivity index (χ4n) is 1.59. The maximum atomic E-state index is 9.04. The number of methoxy groups -OCH3 is 1. The van der Waals surface area contributed by atoms with E-state index in [0.29, 0.717) is 5.71 Å². The van der Waals surface area contributed by atoms with Gasteiger partial charge in [-0.3, -0.25) is 0 Å². The lowest BCUT2D eigenvalue weighted by Crippen LogP contribution is -2.29. The van der Waals surface area contributed by atoms with Crippen LogP contribution in [-0.2, 0) is 4.74 Å². The van der Waals surface area contributed by atoms with E-state index in [1.165, 1.54) is 0 Å². The van der Waals surface area contributed by atoms with Gasteiger partial charge in [-0.2, -0.15) is 0 Å². The molecule has 0 aliphatic heterocycles. The van der Waals surface area contributed by atoms with Crippen molar-refractivity contribution in [2.75, 3.05) is 7.11 Å². The molecule has 1 rings (SSSR count). The second-order valence-electron chi connectivity index (χ2n) is 3.75. The number of nitrogens with zero attached hydrogens (tertiary/aromatic N) is 1. The van der Waals surface area contributed by atoms with Gasteiger partial charge < -0.3 is 9.94 Å². The Labute approximate surface area is 90.4 Å². The molecule has 0 saturated carbocycles. The van der Waals surface area contributed by atoms with Crippen LogP contribution in [0.25, 0.3) is 0 Å². The Balaban J connectivity index is 2.99. The highest BCUT2D eigenvalue weighted by molar-refractivity contribution is 6.03. The Morgan fingerprint density at radius 2 is 1.87 bits per heavy atom. The summed E-state index contributed by atoms with van der Waals surface area (Å²) in [6.07, 6.45) is -0.183. The molecule has 0 aliphatic carbocycles. The van der Waals surface area contributed by atoms with Crippen molar-refractivity contribution < 1.29 is 9.94 Å². The van der Waals surface area contributed by atoms with Crippen molar-refractivity contribution >= 4 is 5.71 Å². The first-order valence-electron chi connectivity index (χ1n) is 5.00. The van der Waals surface area contributed by atoms with Crippen molar-refractivity contribution in [2.24, 2.45) is 11.1 Å². The van der Waals surface area contributed by atoms with Crippen molar-refractivity contribution in [3.63, 3.8) is 0 Å². The van der Waals surface area contributed by atoms with E-state index in [9.17, 15) is 0 Å². The minimum absolute atomic E-state index is 0.183. The van der Waals surface area contributed by atoms with Gasteiger partial charge in [0.05, 0.1) is 0 Å². The first-order chi connectivity index (χ1) is 7.20. The zero-order chi connectivity index (χ0) is 11.3. The largest absolute Gasteiger partial charge is 0.411 e. The number of hydrogen-bond acceptors (Lipinski definition) is 3. The van der Waals surface area contributed by atoms with E-state index < -0.39 is 0 Å². The van der Waals surface area contributed by atoms with Gasteiger partial charge in [0, 0.05) is 12.7 Å². The lowest BCUT2D eigenvalue weighted by atomic mass is 9.97. The van der Waals surface area contributed by atoms with Crippen LogP contribution in [0.4, 0.5) is 0 Å². The fraction of sp³-hybridized carbons (Fsp3) is 0.417. The smallest absolute Gasteiger partial charge is 0.116 e. The zero-order valence-electron chi connectivity index (χ0n) is 9.34. The molecule has 0 radical (unpaired) electrons. The molecule has 1 aromatic carbocycles. The minimum Gasteiger partial charge on any atom is -0.411 e. The first kappa shape index (κ1) is 11.7. The third-order valence-electron chi connectivity index (χ3n) is 2.31. The molecule has 0 heterocycles. The summed E-state index contributed by atoms with van der Waals surface area (Å²) in [5, 5.41) is 12.4. The van der Waals surface area contributed by atoms with Crippen LogP contribution in [0.3, 0.4) is 0 Å². The van der Waals surface area contributed by atoms with Crippen LogP contribution in [-0.4, -0.2) is 24.1 Å². The summed E-state index contributed by atoms with van der Waals surface area (Å²) in [5.41, 5.74) is 1.47. The number of hydrogen-bond donors (Lipinski definition) is 1. The molecule has 0 bridgehead atoms. The Bertz CT molecular complexity index is 320. The van der Waals surface area contributed by atoms with Crippen molar-refractivity contribution in [1.82, 2.24) is 0 Å². The molecule has 3 heteroatoms. The summed E-state index contributed by atoms with van der Waals surface area (Å²) < 4.78 is 5.33. The third kappa shape index (κ3) is 2.80. The second kappa shape index (κ2) is 5.51. The lowest BCUT2D eigenvalue weighted by Gasteiger charge is -2.20. The Hall–Kier alpha value is -1.35. The highest BCUT2D eigenvalue weighted by Gasteiger charge is 2.21. The van der Waals surface area contributed by atoms with Gasteiger partial charge in [-0.15, -0.1) is 0 Å². The van der Waals surface area contributed by atoms with Gasteiger partial charge in [0.25, 0.3) is 0 Å². The highest BCUT2D eigenvalue weighted by Crippen LogP contribution is 2.14. The summed E-state index contributed by atoms with van der Waals surface area (Å²) in [6, 6.07) is 9.56. The van der Waals surface area contributed by atoms with E-state index in [1.54, 1.807) is 7.11 Å². The highest BCUT2D eigenvalue weighted by atomic mass is 16.5. The van der Waals surface area contributed by atoms with Crippen LogP contribution in [0.5, 0.6) is 0 Å². The number of benzene rings is 1. The van der Waals surface area contributed by atoms with Gasteiger partial charge in [0.2, 0.25) is 0 Å². The van der Waals surface area contributed by atoms with E-state index in [1.807, 2.05) is 44.2 Å². The average Bonchev–Trinajstić information content (AvgIpc) is 2.26. The van der Waals surface area contributed by atoms with E-state index in [-0.39, 0.29) is 12.0 Å². The summed E-state index contributed by atoms with van der Waals surface area (Å²) in [7, 11) is 1.62. The normalized spacial score (nSPS) is 14.3. The van der Waals surface area contributed by atoms with Crippen LogP contribution < -0.4 is 0 Å². The van der Waals surface area contributed by atoms with E-state index in [4.69, 9.17) is 9.94 Å². The fourth-order valence-corrected chi connectivity index (χ4v) is 1.59. The zero-order valence-corrected chi connectivity index (χ0v) is 9.34. The predicted octanol–water partition coefficient (Wildman–Crippen LogP) is 2.54. The summed E-state index contributed by atoms with van der Waals surface area (Å²) in [4.78, 5) is 0. The third-order valence-corrected chi connectivity index (χ3v) is 2.31. The van der Waals surface area contributed by atoms with Crippen LogP contribution >= 0.6 is 0 Å². The van der Waals surface area contributed by atoms with Gasteiger partial charge in [0.1, 0.15) is 11.8 Å². The molecule has 0 saturated heterocycles. The van der Waals surface area contributed by atoms with Crippen LogP contribution in [0.15, 0.2) is 35.5 Å². The number of ether oxygens (including phenoxy) is 1. The van der Waals surface area contributed by atoms with Gasteiger partial charge in [-0.25, -0.2) is 0 Å².